The van der Waals surface area contributed by atoms with Crippen molar-refractivity contribution in [2.45, 2.75) is 39.3 Å². The quantitative estimate of drug-likeness (QED) is 0.576. The summed E-state index contributed by atoms with van der Waals surface area (Å²) in [5.41, 5.74) is -0.193. The molecule has 0 radical (unpaired) electrons. The topological polar surface area (TPSA) is 61.4 Å². The molecule has 0 fully saturated rings. The molecule has 1 amide bonds. The van der Waals surface area contributed by atoms with Gasteiger partial charge in [0.25, 0.3) is 0 Å². The molecular weight excluding hydrogens is 168 g/mol. The normalized spacial score (nSPS) is 13.9. The van der Waals surface area contributed by atoms with Gasteiger partial charge in [-0.05, 0) is 27.7 Å². The van der Waals surface area contributed by atoms with Crippen molar-refractivity contribution in [1.29, 1.82) is 0 Å². The second-order valence-electron chi connectivity index (χ2n) is 4.26. The lowest BCUT2D eigenvalue weighted by molar-refractivity contribution is -0.121. The smallest absolute Gasteiger partial charge is 0.234 e. The van der Waals surface area contributed by atoms with Crippen LogP contribution in [0.5, 0.6) is 0 Å². The number of hydrogen-bond acceptors (Lipinski definition) is 3. The Morgan fingerprint density at radius 2 is 2.00 bits per heavy atom. The number of hydrogen-bond donors (Lipinski definition) is 3. The molecule has 0 spiro atoms. The van der Waals surface area contributed by atoms with Crippen LogP contribution in [0.15, 0.2) is 0 Å². The minimum Gasteiger partial charge on any atom is -0.395 e. The predicted octanol–water partition coefficient (Wildman–Crippen LogP) is -0.128. The standard InChI is InChI=1S/C9H20N2O2/c1-7(6-12)10-5-8(13)11-9(2,3)4/h7,10,12H,5-6H2,1-4H3,(H,11,13)/t7-/m0/s1. The van der Waals surface area contributed by atoms with E-state index in [2.05, 4.69) is 10.6 Å². The van der Waals surface area contributed by atoms with Crippen molar-refractivity contribution in [2.75, 3.05) is 13.2 Å². The van der Waals surface area contributed by atoms with E-state index in [-0.39, 0.29) is 30.6 Å². The lowest BCUT2D eigenvalue weighted by atomic mass is 10.1. The molecule has 13 heavy (non-hydrogen) atoms. The Labute approximate surface area is 79.7 Å². The van der Waals surface area contributed by atoms with Gasteiger partial charge in [0.05, 0.1) is 13.2 Å². The number of amides is 1. The average molecular weight is 188 g/mol. The summed E-state index contributed by atoms with van der Waals surface area (Å²) in [4.78, 5) is 11.2. The zero-order chi connectivity index (χ0) is 10.5. The highest BCUT2D eigenvalue weighted by molar-refractivity contribution is 5.78. The number of aliphatic hydroxyl groups is 1. The van der Waals surface area contributed by atoms with Gasteiger partial charge >= 0.3 is 0 Å². The number of rotatable bonds is 4. The van der Waals surface area contributed by atoms with Crippen LogP contribution in [0.3, 0.4) is 0 Å². The molecule has 0 unspecified atom stereocenters. The summed E-state index contributed by atoms with van der Waals surface area (Å²) in [5.74, 6) is -0.0483. The van der Waals surface area contributed by atoms with E-state index in [0.717, 1.165) is 0 Å². The Morgan fingerprint density at radius 3 is 2.38 bits per heavy atom. The van der Waals surface area contributed by atoms with Crippen molar-refractivity contribution >= 4 is 5.91 Å². The van der Waals surface area contributed by atoms with E-state index in [1.807, 2.05) is 27.7 Å². The fourth-order valence-corrected chi connectivity index (χ4v) is 0.794. The van der Waals surface area contributed by atoms with Gasteiger partial charge in [0, 0.05) is 11.6 Å². The summed E-state index contributed by atoms with van der Waals surface area (Å²) in [5, 5.41) is 14.4. The van der Waals surface area contributed by atoms with E-state index in [1.165, 1.54) is 0 Å². The van der Waals surface area contributed by atoms with Gasteiger partial charge in [0.15, 0.2) is 0 Å². The maximum Gasteiger partial charge on any atom is 0.234 e. The van der Waals surface area contributed by atoms with Crippen molar-refractivity contribution < 1.29 is 9.90 Å². The maximum atomic E-state index is 11.2. The molecule has 3 N–H and O–H groups in total. The Bertz CT molecular complexity index is 163. The molecule has 0 bridgehead atoms. The molecule has 0 aromatic carbocycles. The summed E-state index contributed by atoms with van der Waals surface area (Å²) in [7, 11) is 0. The Hall–Kier alpha value is -0.610. The minimum absolute atomic E-state index is 0.0364. The zero-order valence-corrected chi connectivity index (χ0v) is 8.85. The van der Waals surface area contributed by atoms with E-state index >= 15 is 0 Å². The first-order valence-corrected chi connectivity index (χ1v) is 4.50. The number of nitrogens with one attached hydrogen (secondary N) is 2. The monoisotopic (exact) mass is 188 g/mol. The molecule has 0 aliphatic heterocycles. The lowest BCUT2D eigenvalue weighted by Crippen LogP contribution is -2.46. The maximum absolute atomic E-state index is 11.2. The molecular formula is C9H20N2O2. The molecule has 0 aliphatic rings. The van der Waals surface area contributed by atoms with Gasteiger partial charge in [-0.15, -0.1) is 0 Å². The molecule has 0 heterocycles. The highest BCUT2D eigenvalue weighted by atomic mass is 16.3. The van der Waals surface area contributed by atoms with Crippen molar-refractivity contribution in [3.63, 3.8) is 0 Å². The first kappa shape index (κ1) is 12.4. The van der Waals surface area contributed by atoms with Crippen molar-refractivity contribution in [3.8, 4) is 0 Å². The highest BCUT2D eigenvalue weighted by Crippen LogP contribution is 1.97. The van der Waals surface area contributed by atoms with Crippen LogP contribution >= 0.6 is 0 Å². The molecule has 0 aromatic heterocycles. The first-order chi connectivity index (χ1) is 5.85. The minimum atomic E-state index is -0.193. The Kier molecular flexibility index (Phi) is 4.95. The van der Waals surface area contributed by atoms with Crippen molar-refractivity contribution in [2.24, 2.45) is 0 Å². The van der Waals surface area contributed by atoms with Gasteiger partial charge in [0.2, 0.25) is 5.91 Å². The number of carbonyl (C=O) groups is 1. The average Bonchev–Trinajstić information content (AvgIpc) is 1.97. The van der Waals surface area contributed by atoms with Crippen LogP contribution < -0.4 is 10.6 Å². The molecule has 0 rings (SSSR count). The Balaban J connectivity index is 3.64. The van der Waals surface area contributed by atoms with Crippen LogP contribution in [0.25, 0.3) is 0 Å². The molecule has 4 nitrogen and oxygen atoms in total. The molecule has 4 heteroatoms. The van der Waals surface area contributed by atoms with Gasteiger partial charge in [-0.3, -0.25) is 4.79 Å². The van der Waals surface area contributed by atoms with Crippen molar-refractivity contribution in [3.05, 3.63) is 0 Å². The molecule has 0 aromatic rings. The highest BCUT2D eigenvalue weighted by Gasteiger charge is 2.13. The third kappa shape index (κ3) is 7.74. The molecule has 0 aliphatic carbocycles. The summed E-state index contributed by atoms with van der Waals surface area (Å²) in [6.45, 7) is 7.91. The number of carbonyl (C=O) groups excluding carboxylic acids is 1. The van der Waals surface area contributed by atoms with Gasteiger partial charge in [-0.1, -0.05) is 0 Å². The summed E-state index contributed by atoms with van der Waals surface area (Å²) in [6.07, 6.45) is 0. The molecule has 0 saturated heterocycles. The predicted molar refractivity (Wildman–Crippen MR) is 52.4 cm³/mol. The van der Waals surface area contributed by atoms with Gasteiger partial charge in [0.1, 0.15) is 0 Å². The van der Waals surface area contributed by atoms with Crippen LogP contribution in [0.4, 0.5) is 0 Å². The third-order valence-corrected chi connectivity index (χ3v) is 1.40. The van der Waals surface area contributed by atoms with E-state index in [9.17, 15) is 4.79 Å². The summed E-state index contributed by atoms with van der Waals surface area (Å²) >= 11 is 0. The van der Waals surface area contributed by atoms with Crippen LogP contribution in [-0.4, -0.2) is 35.7 Å². The zero-order valence-electron chi connectivity index (χ0n) is 8.85. The molecule has 1 atom stereocenters. The van der Waals surface area contributed by atoms with Crippen LogP contribution in [0.2, 0.25) is 0 Å². The van der Waals surface area contributed by atoms with Gasteiger partial charge < -0.3 is 15.7 Å². The third-order valence-electron chi connectivity index (χ3n) is 1.40. The largest absolute Gasteiger partial charge is 0.395 e. The number of aliphatic hydroxyl groups excluding tert-OH is 1. The van der Waals surface area contributed by atoms with Crippen LogP contribution in [-0.2, 0) is 4.79 Å². The summed E-state index contributed by atoms with van der Waals surface area (Å²) < 4.78 is 0. The first-order valence-electron chi connectivity index (χ1n) is 4.50. The summed E-state index contributed by atoms with van der Waals surface area (Å²) in [6, 6.07) is -0.0364. The van der Waals surface area contributed by atoms with E-state index in [1.54, 1.807) is 0 Å². The molecule has 0 saturated carbocycles. The van der Waals surface area contributed by atoms with Gasteiger partial charge in [-0.2, -0.15) is 0 Å². The lowest BCUT2D eigenvalue weighted by Gasteiger charge is -2.21. The SMILES string of the molecule is C[C@@H](CO)NCC(=O)NC(C)(C)C. The van der Waals surface area contributed by atoms with Crippen LogP contribution in [0, 0.1) is 0 Å². The van der Waals surface area contributed by atoms with E-state index < -0.39 is 0 Å². The van der Waals surface area contributed by atoms with Crippen molar-refractivity contribution in [1.82, 2.24) is 10.6 Å². The second-order valence-corrected chi connectivity index (χ2v) is 4.26. The second kappa shape index (κ2) is 5.19. The van der Waals surface area contributed by atoms with E-state index in [0.29, 0.717) is 0 Å². The van der Waals surface area contributed by atoms with Gasteiger partial charge in [-0.25, -0.2) is 0 Å². The van der Waals surface area contributed by atoms with E-state index in [4.69, 9.17) is 5.11 Å². The van der Waals surface area contributed by atoms with Crippen LogP contribution in [0.1, 0.15) is 27.7 Å². The molecule has 78 valence electrons. The fraction of sp³-hybridized carbons (Fsp3) is 0.889. The fourth-order valence-electron chi connectivity index (χ4n) is 0.794. The Morgan fingerprint density at radius 1 is 1.46 bits per heavy atom.